The maximum absolute atomic E-state index is 13.7. The van der Waals surface area contributed by atoms with Gasteiger partial charge in [-0.1, -0.05) is 73.7 Å². The highest BCUT2D eigenvalue weighted by atomic mass is 32.2. The number of benzene rings is 4. The van der Waals surface area contributed by atoms with Crippen molar-refractivity contribution in [3.05, 3.63) is 109 Å². The van der Waals surface area contributed by atoms with Gasteiger partial charge in [0, 0.05) is 16.2 Å². The van der Waals surface area contributed by atoms with Crippen molar-refractivity contribution in [1.29, 1.82) is 0 Å². The molecule has 3 heterocycles. The predicted octanol–water partition coefficient (Wildman–Crippen LogP) is 7.80. The molecule has 37 heavy (non-hydrogen) atoms. The molecule has 0 amide bonds. The SMILES string of the molecule is CCc1nc2cccc3c2n1-c1ccc(-c2ccc(-c4ccc(-c5ccccc5)s4)cc2)cc1S3(=O)=O. The largest absolute Gasteiger partial charge is 0.294 e. The Labute approximate surface area is 219 Å². The van der Waals surface area contributed by atoms with Gasteiger partial charge in [0.25, 0.3) is 0 Å². The van der Waals surface area contributed by atoms with E-state index >= 15 is 0 Å². The van der Waals surface area contributed by atoms with Gasteiger partial charge in [0.1, 0.15) is 5.82 Å². The second-order valence-corrected chi connectivity index (χ2v) is 12.1. The van der Waals surface area contributed by atoms with E-state index in [0.29, 0.717) is 32.9 Å². The molecule has 0 unspecified atom stereocenters. The third-order valence-corrected chi connectivity index (χ3v) is 9.97. The van der Waals surface area contributed by atoms with E-state index in [1.165, 1.54) is 15.3 Å². The molecule has 6 aromatic rings. The molecule has 7 rings (SSSR count). The van der Waals surface area contributed by atoms with Crippen LogP contribution in [-0.2, 0) is 16.3 Å². The van der Waals surface area contributed by atoms with Crippen LogP contribution in [0.15, 0.2) is 113 Å². The predicted molar refractivity (Wildman–Crippen MR) is 150 cm³/mol. The summed E-state index contributed by atoms with van der Waals surface area (Å²) in [6.07, 6.45) is 0.714. The lowest BCUT2D eigenvalue weighted by Gasteiger charge is -2.21. The molecular formula is C31H22N2O2S2. The summed E-state index contributed by atoms with van der Waals surface area (Å²) in [7, 11) is -3.67. The number of aryl methyl sites for hydroxylation is 1. The number of nitrogens with zero attached hydrogens (tertiary/aromatic N) is 2. The van der Waals surface area contributed by atoms with Crippen molar-refractivity contribution in [2.75, 3.05) is 0 Å². The van der Waals surface area contributed by atoms with Crippen LogP contribution >= 0.6 is 11.3 Å². The summed E-state index contributed by atoms with van der Waals surface area (Å²) in [4.78, 5) is 7.79. The first-order valence-electron chi connectivity index (χ1n) is 12.2. The first kappa shape index (κ1) is 22.2. The Hall–Kier alpha value is -4.00. The van der Waals surface area contributed by atoms with Gasteiger partial charge in [-0.25, -0.2) is 13.4 Å². The van der Waals surface area contributed by atoms with E-state index < -0.39 is 9.84 Å². The van der Waals surface area contributed by atoms with Crippen LogP contribution in [0.1, 0.15) is 12.7 Å². The molecule has 180 valence electrons. The lowest BCUT2D eigenvalue weighted by atomic mass is 10.0. The summed E-state index contributed by atoms with van der Waals surface area (Å²) < 4.78 is 29.4. The molecule has 0 spiro atoms. The Balaban J connectivity index is 1.29. The fraction of sp³-hybridized carbons (Fsp3) is 0.0645. The lowest BCUT2D eigenvalue weighted by molar-refractivity contribution is 0.594. The maximum atomic E-state index is 13.7. The molecule has 0 N–H and O–H groups in total. The molecule has 4 nitrogen and oxygen atoms in total. The third-order valence-electron chi connectivity index (χ3n) is 6.97. The van der Waals surface area contributed by atoms with Crippen LogP contribution in [0.2, 0.25) is 0 Å². The first-order valence-corrected chi connectivity index (χ1v) is 14.5. The zero-order valence-electron chi connectivity index (χ0n) is 20.0. The zero-order valence-corrected chi connectivity index (χ0v) is 21.7. The highest BCUT2D eigenvalue weighted by molar-refractivity contribution is 7.92. The summed E-state index contributed by atoms with van der Waals surface area (Å²) in [5.41, 5.74) is 6.27. The van der Waals surface area contributed by atoms with Gasteiger partial charge in [-0.3, -0.25) is 4.57 Å². The average molecular weight is 519 g/mol. The highest BCUT2D eigenvalue weighted by Gasteiger charge is 2.33. The van der Waals surface area contributed by atoms with Gasteiger partial charge in [-0.15, -0.1) is 11.3 Å². The van der Waals surface area contributed by atoms with E-state index in [0.717, 1.165) is 22.5 Å². The van der Waals surface area contributed by atoms with Gasteiger partial charge < -0.3 is 0 Å². The molecule has 0 saturated heterocycles. The third kappa shape index (κ3) is 3.40. The summed E-state index contributed by atoms with van der Waals surface area (Å²) in [5, 5.41) is 0. The van der Waals surface area contributed by atoms with Crippen LogP contribution in [0.25, 0.3) is 48.7 Å². The average Bonchev–Trinajstić information content (AvgIpc) is 3.58. The molecular weight excluding hydrogens is 496 g/mol. The molecule has 2 aromatic heterocycles. The number of rotatable bonds is 4. The fourth-order valence-corrected chi connectivity index (χ4v) is 7.83. The van der Waals surface area contributed by atoms with Crippen molar-refractivity contribution in [2.24, 2.45) is 0 Å². The molecule has 0 fully saturated rings. The standard InChI is InChI=1S/C31H22N2O2S2/c1-2-30-32-24-9-6-10-28-31(24)33(30)25-16-15-23(19-29(25)37(28,34)35)20-11-13-22(14-12-20)27-18-17-26(36-27)21-7-4-3-5-8-21/h3-19H,2H2,1H3. The molecule has 0 bridgehead atoms. The topological polar surface area (TPSA) is 52.0 Å². The maximum Gasteiger partial charge on any atom is 0.210 e. The van der Waals surface area contributed by atoms with E-state index in [9.17, 15) is 8.42 Å². The number of fused-ring (bicyclic) bond motifs is 2. The van der Waals surface area contributed by atoms with E-state index in [1.807, 2.05) is 35.8 Å². The molecule has 4 aromatic carbocycles. The normalized spacial score (nSPS) is 13.5. The second kappa shape index (κ2) is 8.26. The van der Waals surface area contributed by atoms with Crippen molar-refractivity contribution in [3.63, 3.8) is 0 Å². The molecule has 1 aliphatic rings. The number of sulfone groups is 1. The summed E-state index contributed by atoms with van der Waals surface area (Å²) in [6.45, 7) is 2.04. The fourth-order valence-electron chi connectivity index (χ4n) is 5.15. The molecule has 0 radical (unpaired) electrons. The Morgan fingerprint density at radius 3 is 2.11 bits per heavy atom. The molecule has 0 atom stereocenters. The second-order valence-electron chi connectivity index (χ2n) is 9.13. The van der Waals surface area contributed by atoms with Gasteiger partial charge >= 0.3 is 0 Å². The summed E-state index contributed by atoms with van der Waals surface area (Å²) in [6, 6.07) is 34.1. The van der Waals surface area contributed by atoms with E-state index in [2.05, 4.69) is 60.7 Å². The lowest BCUT2D eigenvalue weighted by Crippen LogP contribution is -2.16. The van der Waals surface area contributed by atoms with Crippen LogP contribution in [0.3, 0.4) is 0 Å². The Bertz CT molecular complexity index is 1920. The highest BCUT2D eigenvalue weighted by Crippen LogP contribution is 2.41. The zero-order chi connectivity index (χ0) is 25.1. The molecule has 0 saturated carbocycles. The van der Waals surface area contributed by atoms with E-state index in [4.69, 9.17) is 4.98 Å². The molecule has 1 aliphatic heterocycles. The van der Waals surface area contributed by atoms with Crippen molar-refractivity contribution >= 4 is 32.2 Å². The Kier molecular flexibility index (Phi) is 4.96. The van der Waals surface area contributed by atoms with Crippen LogP contribution < -0.4 is 0 Å². The van der Waals surface area contributed by atoms with Gasteiger partial charge in [-0.05, 0) is 58.7 Å². The van der Waals surface area contributed by atoms with Crippen LogP contribution in [0, 0.1) is 0 Å². The number of hydrogen-bond donors (Lipinski definition) is 0. The van der Waals surface area contributed by atoms with E-state index in [1.54, 1.807) is 29.5 Å². The van der Waals surface area contributed by atoms with Gasteiger partial charge in [0.05, 0.1) is 26.5 Å². The van der Waals surface area contributed by atoms with Crippen LogP contribution in [0.5, 0.6) is 0 Å². The molecule has 0 aliphatic carbocycles. The van der Waals surface area contributed by atoms with Crippen molar-refractivity contribution in [1.82, 2.24) is 9.55 Å². The minimum Gasteiger partial charge on any atom is -0.294 e. The monoisotopic (exact) mass is 518 g/mol. The minimum atomic E-state index is -3.67. The van der Waals surface area contributed by atoms with E-state index in [-0.39, 0.29) is 0 Å². The number of aromatic nitrogens is 2. The number of para-hydroxylation sites is 1. The number of hydrogen-bond acceptors (Lipinski definition) is 4. The Morgan fingerprint density at radius 2 is 1.38 bits per heavy atom. The Morgan fingerprint density at radius 1 is 0.703 bits per heavy atom. The number of imidazole rings is 1. The smallest absolute Gasteiger partial charge is 0.210 e. The van der Waals surface area contributed by atoms with Crippen LogP contribution in [0.4, 0.5) is 0 Å². The number of thiophene rings is 1. The van der Waals surface area contributed by atoms with Gasteiger partial charge in [0.15, 0.2) is 0 Å². The van der Waals surface area contributed by atoms with Gasteiger partial charge in [-0.2, -0.15) is 0 Å². The van der Waals surface area contributed by atoms with Crippen LogP contribution in [-0.4, -0.2) is 18.0 Å². The summed E-state index contributed by atoms with van der Waals surface area (Å²) in [5.74, 6) is 0.863. The molecule has 6 heteroatoms. The van der Waals surface area contributed by atoms with Gasteiger partial charge in [0.2, 0.25) is 9.84 Å². The minimum absolute atomic E-state index is 0.323. The first-order chi connectivity index (χ1) is 18.0. The van der Waals surface area contributed by atoms with Crippen molar-refractivity contribution in [2.45, 2.75) is 23.1 Å². The van der Waals surface area contributed by atoms with Crippen molar-refractivity contribution < 1.29 is 8.42 Å². The van der Waals surface area contributed by atoms with Crippen molar-refractivity contribution in [3.8, 4) is 37.7 Å². The quantitative estimate of drug-likeness (QED) is 0.239. The summed E-state index contributed by atoms with van der Waals surface area (Å²) >= 11 is 1.77.